The van der Waals surface area contributed by atoms with Crippen LogP contribution in [0.25, 0.3) is 0 Å². The van der Waals surface area contributed by atoms with Gasteiger partial charge in [0.1, 0.15) is 0 Å². The van der Waals surface area contributed by atoms with Crippen molar-refractivity contribution >= 4 is 5.91 Å². The maximum Gasteiger partial charge on any atom is 0.237 e. The molecule has 0 spiro atoms. The molecule has 1 amide bonds. The number of carbonyl (C=O) groups excluding carboxylic acids is 1. The van der Waals surface area contributed by atoms with Crippen molar-refractivity contribution in [3.63, 3.8) is 0 Å². The van der Waals surface area contributed by atoms with Gasteiger partial charge in [0.05, 0.1) is 6.04 Å². The number of piperidine rings is 1. The second-order valence-electron chi connectivity index (χ2n) is 5.98. The summed E-state index contributed by atoms with van der Waals surface area (Å²) in [4.78, 5) is 14.7. The van der Waals surface area contributed by atoms with E-state index < -0.39 is 0 Å². The molecular formula is C15H29N3O. The van der Waals surface area contributed by atoms with Crippen molar-refractivity contribution < 1.29 is 4.79 Å². The second-order valence-corrected chi connectivity index (χ2v) is 5.98. The van der Waals surface area contributed by atoms with Crippen molar-refractivity contribution in [3.8, 4) is 0 Å². The lowest BCUT2D eigenvalue weighted by Crippen LogP contribution is -2.51. The minimum Gasteiger partial charge on any atom is -0.353 e. The van der Waals surface area contributed by atoms with Gasteiger partial charge in [0.2, 0.25) is 5.91 Å². The van der Waals surface area contributed by atoms with Crippen LogP contribution in [0.2, 0.25) is 0 Å². The first-order chi connectivity index (χ1) is 9.24. The average Bonchev–Trinajstić information content (AvgIpc) is 2.92. The lowest BCUT2D eigenvalue weighted by molar-refractivity contribution is -0.124. The third-order valence-corrected chi connectivity index (χ3v) is 4.82. The van der Waals surface area contributed by atoms with Crippen LogP contribution in [0.15, 0.2) is 0 Å². The zero-order valence-corrected chi connectivity index (χ0v) is 12.5. The molecular weight excluding hydrogens is 238 g/mol. The van der Waals surface area contributed by atoms with E-state index in [1.165, 1.54) is 32.2 Å². The van der Waals surface area contributed by atoms with E-state index in [2.05, 4.69) is 29.4 Å². The normalized spacial score (nSPS) is 32.4. The molecule has 0 aliphatic carbocycles. The van der Waals surface area contributed by atoms with Crippen LogP contribution in [-0.4, -0.2) is 49.1 Å². The minimum atomic E-state index is 0.0372. The maximum absolute atomic E-state index is 12.2. The van der Waals surface area contributed by atoms with Crippen LogP contribution in [0, 0.1) is 5.92 Å². The summed E-state index contributed by atoms with van der Waals surface area (Å²) in [5.41, 5.74) is 0. The molecule has 2 N–H and O–H groups in total. The van der Waals surface area contributed by atoms with Crippen molar-refractivity contribution in [1.82, 2.24) is 15.5 Å². The molecule has 2 saturated heterocycles. The summed E-state index contributed by atoms with van der Waals surface area (Å²) in [7, 11) is 0. The molecule has 2 aliphatic rings. The van der Waals surface area contributed by atoms with Gasteiger partial charge in [-0.05, 0) is 51.2 Å². The van der Waals surface area contributed by atoms with Gasteiger partial charge < -0.3 is 10.6 Å². The Kier molecular flexibility index (Phi) is 5.64. The molecule has 0 aromatic heterocycles. The van der Waals surface area contributed by atoms with E-state index >= 15 is 0 Å². The summed E-state index contributed by atoms with van der Waals surface area (Å²) in [5, 5.41) is 6.52. The first-order valence-corrected chi connectivity index (χ1v) is 7.99. The van der Waals surface area contributed by atoms with E-state index in [-0.39, 0.29) is 11.9 Å². The number of nitrogens with one attached hydrogen (secondary N) is 2. The zero-order valence-electron chi connectivity index (χ0n) is 12.5. The van der Waals surface area contributed by atoms with Gasteiger partial charge in [-0.2, -0.15) is 0 Å². The van der Waals surface area contributed by atoms with E-state index in [9.17, 15) is 4.79 Å². The molecule has 110 valence electrons. The van der Waals surface area contributed by atoms with Gasteiger partial charge in [-0.3, -0.25) is 9.69 Å². The van der Waals surface area contributed by atoms with Gasteiger partial charge in [-0.15, -0.1) is 0 Å². The Hall–Kier alpha value is -0.610. The number of nitrogens with zero attached hydrogens (tertiary/aromatic N) is 1. The number of likely N-dealkylation sites (tertiary alicyclic amines) is 1. The second kappa shape index (κ2) is 7.25. The third-order valence-electron chi connectivity index (χ3n) is 4.82. The first-order valence-electron chi connectivity index (χ1n) is 7.99. The summed E-state index contributed by atoms with van der Waals surface area (Å²) in [6.45, 7) is 8.52. The van der Waals surface area contributed by atoms with Gasteiger partial charge >= 0.3 is 0 Å². The highest BCUT2D eigenvalue weighted by Crippen LogP contribution is 2.20. The summed E-state index contributed by atoms with van der Waals surface area (Å²) < 4.78 is 0. The standard InChI is InChI=1S/C15H29N3O/c1-3-12-7-8-16-14(10-12)15(19)17-11-13-6-5-9-18(13)4-2/h12-14,16H,3-11H2,1-2H3,(H,17,19). The van der Waals surface area contributed by atoms with Gasteiger partial charge in [-0.1, -0.05) is 20.3 Å². The number of hydrogen-bond acceptors (Lipinski definition) is 3. The van der Waals surface area contributed by atoms with Crippen molar-refractivity contribution in [1.29, 1.82) is 0 Å². The van der Waals surface area contributed by atoms with Gasteiger partial charge in [0, 0.05) is 12.6 Å². The predicted octanol–water partition coefficient (Wildman–Crippen LogP) is 1.37. The van der Waals surface area contributed by atoms with E-state index in [4.69, 9.17) is 0 Å². The minimum absolute atomic E-state index is 0.0372. The summed E-state index contributed by atoms with van der Waals surface area (Å²) in [6, 6.07) is 0.592. The lowest BCUT2D eigenvalue weighted by atomic mass is 9.90. The Morgan fingerprint density at radius 2 is 2.21 bits per heavy atom. The van der Waals surface area contributed by atoms with Crippen molar-refractivity contribution in [2.24, 2.45) is 5.92 Å². The fourth-order valence-corrected chi connectivity index (χ4v) is 3.45. The zero-order chi connectivity index (χ0) is 13.7. The molecule has 2 fully saturated rings. The molecule has 0 saturated carbocycles. The topological polar surface area (TPSA) is 44.4 Å². The highest BCUT2D eigenvalue weighted by Gasteiger charge is 2.28. The number of amides is 1. The van der Waals surface area contributed by atoms with Crippen LogP contribution in [0.1, 0.15) is 46.0 Å². The Morgan fingerprint density at radius 3 is 2.95 bits per heavy atom. The molecule has 2 rings (SSSR count). The maximum atomic E-state index is 12.2. The van der Waals surface area contributed by atoms with E-state index in [0.29, 0.717) is 6.04 Å². The van der Waals surface area contributed by atoms with Crippen molar-refractivity contribution in [3.05, 3.63) is 0 Å². The van der Waals surface area contributed by atoms with Gasteiger partial charge in [0.25, 0.3) is 0 Å². The fraction of sp³-hybridized carbons (Fsp3) is 0.933. The average molecular weight is 267 g/mol. The Morgan fingerprint density at radius 1 is 1.37 bits per heavy atom. The van der Waals surface area contributed by atoms with Crippen LogP contribution in [0.3, 0.4) is 0 Å². The summed E-state index contributed by atoms with van der Waals surface area (Å²) >= 11 is 0. The Balaban J connectivity index is 1.74. The fourth-order valence-electron chi connectivity index (χ4n) is 3.45. The van der Waals surface area contributed by atoms with E-state index in [1.54, 1.807) is 0 Å². The molecule has 0 radical (unpaired) electrons. The van der Waals surface area contributed by atoms with Crippen molar-refractivity contribution in [2.45, 2.75) is 58.0 Å². The van der Waals surface area contributed by atoms with Crippen LogP contribution in [0.4, 0.5) is 0 Å². The quantitative estimate of drug-likeness (QED) is 0.790. The molecule has 19 heavy (non-hydrogen) atoms. The molecule has 4 nitrogen and oxygen atoms in total. The highest BCUT2D eigenvalue weighted by atomic mass is 16.2. The smallest absolute Gasteiger partial charge is 0.237 e. The monoisotopic (exact) mass is 267 g/mol. The molecule has 3 unspecified atom stereocenters. The highest BCUT2D eigenvalue weighted by molar-refractivity contribution is 5.81. The SMILES string of the molecule is CCC1CCNC(C(=O)NCC2CCCN2CC)C1. The summed E-state index contributed by atoms with van der Waals surface area (Å²) in [6.07, 6.45) is 5.91. The Labute approximate surface area is 117 Å². The van der Waals surface area contributed by atoms with Gasteiger partial charge in [0.15, 0.2) is 0 Å². The molecule has 2 heterocycles. The number of hydrogen-bond donors (Lipinski definition) is 2. The lowest BCUT2D eigenvalue weighted by Gasteiger charge is -2.30. The molecule has 0 aromatic carbocycles. The molecule has 0 bridgehead atoms. The van der Waals surface area contributed by atoms with Crippen LogP contribution >= 0.6 is 0 Å². The van der Waals surface area contributed by atoms with Crippen LogP contribution < -0.4 is 10.6 Å². The molecule has 0 aromatic rings. The number of carbonyl (C=O) groups is 1. The summed E-state index contributed by atoms with van der Waals surface area (Å²) in [5.74, 6) is 0.928. The van der Waals surface area contributed by atoms with E-state index in [0.717, 1.165) is 32.0 Å². The largest absolute Gasteiger partial charge is 0.353 e. The third kappa shape index (κ3) is 3.93. The van der Waals surface area contributed by atoms with Gasteiger partial charge in [-0.25, -0.2) is 0 Å². The van der Waals surface area contributed by atoms with Crippen molar-refractivity contribution in [2.75, 3.05) is 26.2 Å². The van der Waals surface area contributed by atoms with E-state index in [1.807, 2.05) is 0 Å². The molecule has 3 atom stereocenters. The number of likely N-dealkylation sites (N-methyl/N-ethyl adjacent to an activating group) is 1. The van der Waals surface area contributed by atoms with Crippen LogP contribution in [0.5, 0.6) is 0 Å². The molecule has 4 heteroatoms. The Bertz CT molecular complexity index is 295. The first kappa shape index (κ1) is 14.8. The predicted molar refractivity (Wildman–Crippen MR) is 78.1 cm³/mol. The molecule has 2 aliphatic heterocycles. The van der Waals surface area contributed by atoms with Crippen LogP contribution in [-0.2, 0) is 4.79 Å². The number of rotatable bonds is 5.